The number of rotatable bonds is 10. The van der Waals surface area contributed by atoms with Crippen molar-refractivity contribution in [1.29, 1.82) is 0 Å². The summed E-state index contributed by atoms with van der Waals surface area (Å²) >= 11 is 11.4. The molecule has 6 aromatic rings. The average Bonchev–Trinajstić information content (AvgIpc) is 3.85. The second-order valence-corrected chi connectivity index (χ2v) is 17.3. The van der Waals surface area contributed by atoms with Crippen LogP contribution in [0.2, 0.25) is 0 Å². The molecular formula is C39H30Cl2F12N4O8S2. The largest absolute Gasteiger partial charge is 0.748 e. The van der Waals surface area contributed by atoms with Crippen LogP contribution in [0.1, 0.15) is 22.6 Å². The Kier molecular flexibility index (Phi) is 16.6. The van der Waals surface area contributed by atoms with Gasteiger partial charge in [0.1, 0.15) is 11.4 Å². The van der Waals surface area contributed by atoms with Crippen LogP contribution in [0.25, 0.3) is 45.4 Å². The summed E-state index contributed by atoms with van der Waals surface area (Å²) in [5.41, 5.74) is -9.75. The Balaban J connectivity index is 0.000000886. The van der Waals surface area contributed by atoms with Crippen molar-refractivity contribution in [3.63, 3.8) is 0 Å². The number of nitrogens with zero attached hydrogens (tertiary/aromatic N) is 4. The second kappa shape index (κ2) is 20.5. The fourth-order valence-corrected chi connectivity index (χ4v) is 6.48. The Bertz CT molecular complexity index is 2620. The maximum Gasteiger partial charge on any atom is 0.451 e. The third-order valence-electron chi connectivity index (χ3n) is 8.76. The number of alkyl halides is 14. The maximum atomic E-state index is 14.9. The highest BCUT2D eigenvalue weighted by atomic mass is 35.5. The van der Waals surface area contributed by atoms with Crippen LogP contribution in [0.4, 0.5) is 52.7 Å². The van der Waals surface area contributed by atoms with Crippen molar-refractivity contribution in [2.45, 2.75) is 43.2 Å². The Morgan fingerprint density at radius 2 is 0.776 bits per heavy atom. The van der Waals surface area contributed by atoms with Gasteiger partial charge in [-0.25, -0.2) is 35.9 Å². The molecule has 0 N–H and O–H groups in total. The second-order valence-electron chi connectivity index (χ2n) is 13.7. The van der Waals surface area contributed by atoms with Gasteiger partial charge in [-0.1, -0.05) is 24.3 Å². The van der Waals surface area contributed by atoms with Crippen LogP contribution >= 0.6 is 23.2 Å². The topological polar surface area (TPSA) is 174 Å². The normalized spacial score (nSPS) is 12.8. The van der Waals surface area contributed by atoms with Gasteiger partial charge in [0.25, 0.3) is 0 Å². The first-order chi connectivity index (χ1) is 30.7. The van der Waals surface area contributed by atoms with E-state index >= 15 is 0 Å². The molecule has 0 aliphatic rings. The summed E-state index contributed by atoms with van der Waals surface area (Å²) in [5.74, 6) is -4.20. The zero-order valence-corrected chi connectivity index (χ0v) is 36.9. The first kappa shape index (κ1) is 54.3. The van der Waals surface area contributed by atoms with Crippen molar-refractivity contribution < 1.29 is 96.6 Å². The molecule has 28 heteroatoms. The van der Waals surface area contributed by atoms with E-state index in [0.29, 0.717) is 74.1 Å². The van der Waals surface area contributed by atoms with Crippen LogP contribution in [-0.2, 0) is 51.1 Å². The van der Waals surface area contributed by atoms with Crippen LogP contribution in [0.3, 0.4) is 0 Å². The van der Waals surface area contributed by atoms with E-state index in [2.05, 4.69) is 9.97 Å². The van der Waals surface area contributed by atoms with E-state index < -0.39 is 96.2 Å². The van der Waals surface area contributed by atoms with Crippen molar-refractivity contribution in [2.24, 2.45) is 0 Å². The lowest BCUT2D eigenvalue weighted by atomic mass is 9.72. The van der Waals surface area contributed by atoms with E-state index in [9.17, 15) is 52.7 Å². The lowest BCUT2D eigenvalue weighted by Gasteiger charge is -2.38. The van der Waals surface area contributed by atoms with Gasteiger partial charge in [-0.05, 0) is 35.4 Å². The lowest BCUT2D eigenvalue weighted by molar-refractivity contribution is -0.692. The summed E-state index contributed by atoms with van der Waals surface area (Å²) in [4.78, 5) is 7.75. The molecule has 0 atom stereocenters. The third-order valence-corrected chi connectivity index (χ3v) is 9.10. The van der Waals surface area contributed by atoms with E-state index in [-0.39, 0.29) is 34.0 Å². The molecule has 0 saturated heterocycles. The van der Waals surface area contributed by atoms with Gasteiger partial charge in [0.05, 0.1) is 32.0 Å². The fraction of sp³-hybridized carbons (Fsp3) is 0.282. The van der Waals surface area contributed by atoms with E-state index in [1.165, 1.54) is 49.1 Å². The van der Waals surface area contributed by atoms with Crippen molar-refractivity contribution >= 4 is 43.4 Å². The number of aryl methyl sites for hydroxylation is 2. The molecule has 0 aliphatic carbocycles. The highest BCUT2D eigenvalue weighted by Crippen LogP contribution is 2.56. The van der Waals surface area contributed by atoms with Crippen LogP contribution in [0, 0.1) is 0 Å². The molecule has 6 rings (SSSR count). The monoisotopic (exact) mass is 1040 g/mol. The summed E-state index contributed by atoms with van der Waals surface area (Å²) in [6, 6.07) is 9.61. The summed E-state index contributed by atoms with van der Waals surface area (Å²) in [6.45, 7) is 0.670. The number of hydrogen-bond acceptors (Lipinski definition) is 10. The molecule has 0 aliphatic heterocycles. The molecule has 4 aromatic heterocycles. The SMILES string of the molecule is CS(=O)(=O)[O-].CS(=O)(=O)[O-].FC(F)(F)c1oc(-c2ccc(C(c3ccc(-c4nc(-c5cc[n+](CCCl)cc5)c(C(F)(F)F)o4)cc3)(C(F)(F)F)C(F)(F)F)cc2)nc1-c1cc[n+](CCCl)cc1. The molecular weight excluding hydrogens is 1020 g/mol. The van der Waals surface area contributed by atoms with Gasteiger partial charge in [0, 0.05) is 59.0 Å². The number of hydrogen-bond donors (Lipinski definition) is 0. The number of benzene rings is 2. The molecule has 0 unspecified atom stereocenters. The van der Waals surface area contributed by atoms with E-state index in [0.717, 1.165) is 0 Å². The molecule has 2 aromatic carbocycles. The van der Waals surface area contributed by atoms with Crippen LogP contribution in [0.5, 0.6) is 0 Å². The maximum absolute atomic E-state index is 14.9. The highest BCUT2D eigenvalue weighted by Gasteiger charge is 2.72. The minimum absolute atomic E-state index is 0.0529. The van der Waals surface area contributed by atoms with Gasteiger partial charge in [-0.2, -0.15) is 52.7 Å². The van der Waals surface area contributed by atoms with Gasteiger partial charge in [0.2, 0.25) is 28.7 Å². The number of halogens is 14. The zero-order valence-electron chi connectivity index (χ0n) is 33.7. The Hall–Kier alpha value is -5.28. The average molecular weight is 1050 g/mol. The minimum Gasteiger partial charge on any atom is -0.748 e. The summed E-state index contributed by atoms with van der Waals surface area (Å²) in [5, 5.41) is 0. The lowest BCUT2D eigenvalue weighted by Crippen LogP contribution is -2.54. The number of pyridine rings is 2. The molecule has 12 nitrogen and oxygen atoms in total. The van der Waals surface area contributed by atoms with Gasteiger partial charge >= 0.3 is 24.7 Å². The predicted molar refractivity (Wildman–Crippen MR) is 211 cm³/mol. The molecule has 364 valence electrons. The molecule has 0 amide bonds. The fourth-order valence-electron chi connectivity index (χ4n) is 6.09. The molecule has 4 heterocycles. The van der Waals surface area contributed by atoms with E-state index in [1.807, 2.05) is 0 Å². The molecule has 0 radical (unpaired) electrons. The summed E-state index contributed by atoms with van der Waals surface area (Å²) < 4.78 is 241. The summed E-state index contributed by atoms with van der Waals surface area (Å²) in [6.07, 6.45) is -15.5. The van der Waals surface area contributed by atoms with Crippen LogP contribution in [-0.4, -0.2) is 72.5 Å². The van der Waals surface area contributed by atoms with Crippen LogP contribution in [0.15, 0.2) is 106 Å². The molecule has 0 saturated carbocycles. The van der Waals surface area contributed by atoms with Crippen molar-refractivity contribution in [3.05, 3.63) is 120 Å². The van der Waals surface area contributed by atoms with Gasteiger partial charge in [0.15, 0.2) is 37.9 Å². The Morgan fingerprint density at radius 3 is 1.00 bits per heavy atom. The molecule has 67 heavy (non-hydrogen) atoms. The molecule has 0 fully saturated rings. The predicted octanol–water partition coefficient (Wildman–Crippen LogP) is 9.15. The van der Waals surface area contributed by atoms with E-state index in [1.54, 1.807) is 9.13 Å². The number of aromatic nitrogens is 4. The Labute approximate surface area is 381 Å². The quantitative estimate of drug-likeness (QED) is 0.0557. The van der Waals surface area contributed by atoms with E-state index in [4.69, 9.17) is 58.0 Å². The molecule has 0 spiro atoms. The van der Waals surface area contributed by atoms with Gasteiger partial charge < -0.3 is 17.9 Å². The Morgan fingerprint density at radius 1 is 0.507 bits per heavy atom. The number of oxazole rings is 2. The van der Waals surface area contributed by atoms with Gasteiger partial charge in [-0.15, -0.1) is 23.2 Å². The first-order valence-corrected chi connectivity index (χ1v) is 22.8. The van der Waals surface area contributed by atoms with Gasteiger partial charge in [-0.3, -0.25) is 0 Å². The van der Waals surface area contributed by atoms with Crippen LogP contribution < -0.4 is 9.13 Å². The summed E-state index contributed by atoms with van der Waals surface area (Å²) in [7, 11) is -7.83. The smallest absolute Gasteiger partial charge is 0.451 e. The van der Waals surface area contributed by atoms with Crippen molar-refractivity contribution in [1.82, 2.24) is 9.97 Å². The highest BCUT2D eigenvalue weighted by molar-refractivity contribution is 7.85. The van der Waals surface area contributed by atoms with Crippen molar-refractivity contribution in [2.75, 3.05) is 24.3 Å². The van der Waals surface area contributed by atoms with Crippen molar-refractivity contribution in [3.8, 4) is 45.4 Å². The standard InChI is InChI=1S/C37H24Cl2F12N4O2.2CH4O3S/c38-13-19-54-15-9-21(10-16-54)27-29(34(40,41)42)56-31(52-27)23-1-5-25(6-2-23)33(36(46,47)48,37(49,50)51)26-7-3-24(4-8-26)32-53-28(30(57-32)35(43,44)45)22-11-17-55(18-12-22)20-14-39;2*1-5(2,3)4/h1-12,15-18H,13-14,19-20H2;2*1H3,(H,2,3,4)/q+2;;/p-2. The molecule has 0 bridgehead atoms. The first-order valence-electron chi connectivity index (χ1n) is 18.1. The minimum atomic E-state index is -6.09. The third kappa shape index (κ3) is 13.9. The zero-order chi connectivity index (χ0) is 50.6.